The molecule has 1 unspecified atom stereocenters. The van der Waals surface area contributed by atoms with Gasteiger partial charge in [-0.25, -0.2) is 4.39 Å². The molecule has 0 saturated heterocycles. The van der Waals surface area contributed by atoms with Crippen LogP contribution in [0.15, 0.2) is 18.2 Å². The van der Waals surface area contributed by atoms with Crippen LogP contribution in [0.1, 0.15) is 25.8 Å². The molecular formula is C13H17FO2. The predicted octanol–water partition coefficient (Wildman–Crippen LogP) is 2.54. The Bertz CT molecular complexity index is 388. The van der Waals surface area contributed by atoms with Crippen LogP contribution in [0, 0.1) is 11.7 Å². The van der Waals surface area contributed by atoms with E-state index in [1.807, 2.05) is 13.8 Å². The summed E-state index contributed by atoms with van der Waals surface area (Å²) in [7, 11) is 0. The molecule has 2 rings (SSSR count). The largest absolute Gasteiger partial charge is 0.487 e. The van der Waals surface area contributed by atoms with Gasteiger partial charge in [0.25, 0.3) is 0 Å². The second kappa shape index (κ2) is 4.06. The van der Waals surface area contributed by atoms with Crippen LogP contribution in [-0.2, 0) is 6.42 Å². The Morgan fingerprint density at radius 1 is 1.50 bits per heavy atom. The number of halogens is 1. The molecule has 1 aliphatic rings. The van der Waals surface area contributed by atoms with E-state index >= 15 is 0 Å². The molecule has 0 aliphatic carbocycles. The van der Waals surface area contributed by atoms with Gasteiger partial charge in [-0.1, -0.05) is 0 Å². The number of fused-ring (bicyclic) bond motifs is 1. The van der Waals surface area contributed by atoms with Gasteiger partial charge in [0.2, 0.25) is 0 Å². The van der Waals surface area contributed by atoms with Gasteiger partial charge < -0.3 is 9.84 Å². The van der Waals surface area contributed by atoms with Crippen LogP contribution >= 0.6 is 0 Å². The van der Waals surface area contributed by atoms with Gasteiger partial charge in [-0.05, 0) is 50.5 Å². The molecular weight excluding hydrogens is 207 g/mol. The molecule has 1 N–H and O–H groups in total. The van der Waals surface area contributed by atoms with E-state index in [9.17, 15) is 4.39 Å². The maximum absolute atomic E-state index is 13.1. The fourth-order valence-corrected chi connectivity index (χ4v) is 2.29. The third-order valence-corrected chi connectivity index (χ3v) is 3.32. The molecule has 1 heterocycles. The summed E-state index contributed by atoms with van der Waals surface area (Å²) in [6.07, 6.45) is 1.45. The van der Waals surface area contributed by atoms with Crippen LogP contribution < -0.4 is 4.74 Å². The quantitative estimate of drug-likeness (QED) is 0.836. The molecule has 0 amide bonds. The minimum Gasteiger partial charge on any atom is -0.487 e. The van der Waals surface area contributed by atoms with E-state index in [0.717, 1.165) is 17.7 Å². The van der Waals surface area contributed by atoms with Crippen molar-refractivity contribution in [3.63, 3.8) is 0 Å². The fourth-order valence-electron chi connectivity index (χ4n) is 2.29. The highest BCUT2D eigenvalue weighted by atomic mass is 19.1. The second-order valence-electron chi connectivity index (χ2n) is 4.87. The lowest BCUT2D eigenvalue weighted by atomic mass is 9.80. The van der Waals surface area contributed by atoms with Crippen molar-refractivity contribution in [2.24, 2.45) is 5.92 Å². The molecule has 1 aliphatic heterocycles. The predicted molar refractivity (Wildman–Crippen MR) is 60.0 cm³/mol. The number of hydrogen-bond donors (Lipinski definition) is 1. The number of ether oxygens (including phenoxy) is 1. The third-order valence-electron chi connectivity index (χ3n) is 3.32. The Morgan fingerprint density at radius 2 is 2.25 bits per heavy atom. The monoisotopic (exact) mass is 224 g/mol. The molecule has 0 spiro atoms. The summed E-state index contributed by atoms with van der Waals surface area (Å²) >= 11 is 0. The van der Waals surface area contributed by atoms with E-state index in [1.165, 1.54) is 12.1 Å². The van der Waals surface area contributed by atoms with Crippen molar-refractivity contribution in [2.45, 2.75) is 32.3 Å². The molecule has 0 bridgehead atoms. The molecule has 16 heavy (non-hydrogen) atoms. The molecule has 88 valence electrons. The van der Waals surface area contributed by atoms with E-state index in [2.05, 4.69) is 0 Å². The van der Waals surface area contributed by atoms with Crippen LogP contribution in [0.3, 0.4) is 0 Å². The minimum absolute atomic E-state index is 0.141. The first kappa shape index (κ1) is 11.4. The van der Waals surface area contributed by atoms with Crippen molar-refractivity contribution in [3.05, 3.63) is 29.6 Å². The molecule has 0 radical (unpaired) electrons. The second-order valence-corrected chi connectivity index (χ2v) is 4.87. The summed E-state index contributed by atoms with van der Waals surface area (Å²) in [5.41, 5.74) is 0.603. The molecule has 1 atom stereocenters. The Labute approximate surface area is 95.1 Å². The number of benzene rings is 1. The maximum Gasteiger partial charge on any atom is 0.123 e. The SMILES string of the molecule is CC1(C)Oc2ccc(F)cc2CC1CCO. The van der Waals surface area contributed by atoms with Gasteiger partial charge in [0, 0.05) is 12.5 Å². The number of hydrogen-bond acceptors (Lipinski definition) is 2. The lowest BCUT2D eigenvalue weighted by Gasteiger charge is -2.40. The van der Waals surface area contributed by atoms with Gasteiger partial charge in [0.05, 0.1) is 0 Å². The number of aliphatic hydroxyl groups excluding tert-OH is 1. The Kier molecular flexibility index (Phi) is 2.89. The van der Waals surface area contributed by atoms with Gasteiger partial charge in [-0.15, -0.1) is 0 Å². The summed E-state index contributed by atoms with van der Waals surface area (Å²) in [6, 6.07) is 4.62. The van der Waals surface area contributed by atoms with Crippen molar-refractivity contribution in [3.8, 4) is 5.75 Å². The van der Waals surface area contributed by atoms with Gasteiger partial charge in [0.1, 0.15) is 17.2 Å². The highest BCUT2D eigenvalue weighted by molar-refractivity contribution is 5.37. The van der Waals surface area contributed by atoms with E-state index < -0.39 is 0 Å². The zero-order chi connectivity index (χ0) is 11.8. The van der Waals surface area contributed by atoms with Crippen LogP contribution in [0.25, 0.3) is 0 Å². The Hall–Kier alpha value is -1.09. The first-order chi connectivity index (χ1) is 7.53. The molecule has 2 nitrogen and oxygen atoms in total. The first-order valence-corrected chi connectivity index (χ1v) is 5.61. The topological polar surface area (TPSA) is 29.5 Å². The van der Waals surface area contributed by atoms with Crippen LogP contribution in [-0.4, -0.2) is 17.3 Å². The average molecular weight is 224 g/mol. The Balaban J connectivity index is 2.31. The van der Waals surface area contributed by atoms with Crippen LogP contribution in [0.5, 0.6) is 5.75 Å². The van der Waals surface area contributed by atoms with E-state index in [4.69, 9.17) is 9.84 Å². The van der Waals surface area contributed by atoms with Crippen molar-refractivity contribution >= 4 is 0 Å². The lowest BCUT2D eigenvalue weighted by Crippen LogP contribution is -2.42. The van der Waals surface area contributed by atoms with Crippen LogP contribution in [0.4, 0.5) is 4.39 Å². The lowest BCUT2D eigenvalue weighted by molar-refractivity contribution is 0.0150. The van der Waals surface area contributed by atoms with Crippen molar-refractivity contribution < 1.29 is 14.2 Å². The Morgan fingerprint density at radius 3 is 2.94 bits per heavy atom. The fraction of sp³-hybridized carbons (Fsp3) is 0.538. The van der Waals surface area contributed by atoms with Gasteiger partial charge >= 0.3 is 0 Å². The summed E-state index contributed by atoms with van der Waals surface area (Å²) < 4.78 is 19.0. The normalized spacial score (nSPS) is 22.4. The molecule has 0 fully saturated rings. The molecule has 1 aromatic rings. The maximum atomic E-state index is 13.1. The molecule has 3 heteroatoms. The molecule has 1 aromatic carbocycles. The van der Waals surface area contributed by atoms with Crippen molar-refractivity contribution in [2.75, 3.05) is 6.61 Å². The van der Waals surface area contributed by atoms with Gasteiger partial charge in [-0.2, -0.15) is 0 Å². The highest BCUT2D eigenvalue weighted by Gasteiger charge is 2.36. The zero-order valence-electron chi connectivity index (χ0n) is 9.66. The minimum atomic E-state index is -0.298. The standard InChI is InChI=1S/C13H17FO2/c1-13(2)10(5-6-15)7-9-8-11(14)3-4-12(9)16-13/h3-4,8,10,15H,5-7H2,1-2H3. The summed E-state index contributed by atoms with van der Waals surface area (Å²) in [5, 5.41) is 9.02. The zero-order valence-corrected chi connectivity index (χ0v) is 9.66. The summed E-state index contributed by atoms with van der Waals surface area (Å²) in [5.74, 6) is 0.761. The van der Waals surface area contributed by atoms with Crippen molar-refractivity contribution in [1.82, 2.24) is 0 Å². The van der Waals surface area contributed by atoms with E-state index in [0.29, 0.717) is 6.42 Å². The summed E-state index contributed by atoms with van der Waals surface area (Å²) in [4.78, 5) is 0. The van der Waals surface area contributed by atoms with Crippen LogP contribution in [0.2, 0.25) is 0 Å². The third kappa shape index (κ3) is 2.05. The smallest absolute Gasteiger partial charge is 0.123 e. The molecule has 0 saturated carbocycles. The summed E-state index contributed by atoms with van der Waals surface area (Å²) in [6.45, 7) is 4.17. The highest BCUT2D eigenvalue weighted by Crippen LogP contribution is 2.38. The van der Waals surface area contributed by atoms with E-state index in [-0.39, 0.29) is 23.9 Å². The molecule has 0 aromatic heterocycles. The van der Waals surface area contributed by atoms with Gasteiger partial charge in [0.15, 0.2) is 0 Å². The number of aliphatic hydroxyl groups is 1. The van der Waals surface area contributed by atoms with E-state index in [1.54, 1.807) is 6.07 Å². The first-order valence-electron chi connectivity index (χ1n) is 5.61. The van der Waals surface area contributed by atoms with Crippen molar-refractivity contribution in [1.29, 1.82) is 0 Å². The average Bonchev–Trinajstić information content (AvgIpc) is 2.20. The number of rotatable bonds is 2. The van der Waals surface area contributed by atoms with Gasteiger partial charge in [-0.3, -0.25) is 0 Å².